The SMILES string of the molecule is Brc1ccc(CNC2CCN3CCCC23)s1. The maximum absolute atomic E-state index is 3.73. The topological polar surface area (TPSA) is 15.3 Å². The van der Waals surface area contributed by atoms with Gasteiger partial charge in [-0.25, -0.2) is 0 Å². The standard InChI is InChI=1S/C12H17BrN2S/c13-12-4-3-9(16-12)8-14-10-5-7-15-6-1-2-11(10)15/h3-4,10-11,14H,1-2,5-8H2. The highest BCUT2D eigenvalue weighted by atomic mass is 79.9. The van der Waals surface area contributed by atoms with Crippen molar-refractivity contribution in [3.05, 3.63) is 20.8 Å². The van der Waals surface area contributed by atoms with Gasteiger partial charge in [0.15, 0.2) is 0 Å². The molecule has 2 nitrogen and oxygen atoms in total. The molecule has 0 amide bonds. The van der Waals surface area contributed by atoms with Crippen molar-refractivity contribution in [3.8, 4) is 0 Å². The van der Waals surface area contributed by atoms with E-state index in [9.17, 15) is 0 Å². The third-order valence-corrected chi connectivity index (χ3v) is 5.40. The Morgan fingerprint density at radius 2 is 2.31 bits per heavy atom. The summed E-state index contributed by atoms with van der Waals surface area (Å²) in [5, 5.41) is 3.73. The summed E-state index contributed by atoms with van der Waals surface area (Å²) in [7, 11) is 0. The number of fused-ring (bicyclic) bond motifs is 1. The first-order valence-corrected chi connectivity index (χ1v) is 7.65. The molecule has 0 bridgehead atoms. The summed E-state index contributed by atoms with van der Waals surface area (Å²) in [5.41, 5.74) is 0. The number of halogens is 1. The summed E-state index contributed by atoms with van der Waals surface area (Å²) < 4.78 is 1.23. The van der Waals surface area contributed by atoms with E-state index in [-0.39, 0.29) is 0 Å². The van der Waals surface area contributed by atoms with Crippen LogP contribution in [0.15, 0.2) is 15.9 Å². The van der Waals surface area contributed by atoms with Crippen LogP contribution in [0.5, 0.6) is 0 Å². The van der Waals surface area contributed by atoms with Gasteiger partial charge in [-0.3, -0.25) is 4.90 Å². The fraction of sp³-hybridized carbons (Fsp3) is 0.667. The van der Waals surface area contributed by atoms with Crippen LogP contribution >= 0.6 is 27.3 Å². The minimum Gasteiger partial charge on any atom is -0.307 e. The van der Waals surface area contributed by atoms with Crippen LogP contribution < -0.4 is 5.32 Å². The van der Waals surface area contributed by atoms with E-state index in [2.05, 4.69) is 38.3 Å². The lowest BCUT2D eigenvalue weighted by Gasteiger charge is -2.20. The van der Waals surface area contributed by atoms with Crippen molar-refractivity contribution < 1.29 is 0 Å². The molecule has 2 atom stereocenters. The molecular weight excluding hydrogens is 284 g/mol. The van der Waals surface area contributed by atoms with Gasteiger partial charge in [0.1, 0.15) is 0 Å². The van der Waals surface area contributed by atoms with E-state index in [0.717, 1.165) is 18.6 Å². The van der Waals surface area contributed by atoms with Crippen molar-refractivity contribution in [2.24, 2.45) is 0 Å². The van der Waals surface area contributed by atoms with Crippen LogP contribution in [0.4, 0.5) is 0 Å². The monoisotopic (exact) mass is 300 g/mol. The molecule has 0 aromatic carbocycles. The zero-order chi connectivity index (χ0) is 11.0. The maximum atomic E-state index is 3.73. The Balaban J connectivity index is 1.55. The Labute approximate surface area is 109 Å². The Bertz CT molecular complexity index is 366. The molecule has 2 fully saturated rings. The first kappa shape index (κ1) is 11.2. The molecule has 16 heavy (non-hydrogen) atoms. The first-order chi connectivity index (χ1) is 7.83. The second-order valence-corrected chi connectivity index (χ2v) is 7.27. The smallest absolute Gasteiger partial charge is 0.0701 e. The van der Waals surface area contributed by atoms with Gasteiger partial charge in [0, 0.05) is 30.1 Å². The molecule has 4 heteroatoms. The van der Waals surface area contributed by atoms with E-state index in [0.29, 0.717) is 0 Å². The summed E-state index contributed by atoms with van der Waals surface area (Å²) in [6.07, 6.45) is 4.12. The summed E-state index contributed by atoms with van der Waals surface area (Å²) in [5.74, 6) is 0. The van der Waals surface area contributed by atoms with Crippen LogP contribution in [-0.2, 0) is 6.54 Å². The van der Waals surface area contributed by atoms with Gasteiger partial charge in [-0.05, 0) is 53.9 Å². The predicted octanol–water partition coefficient (Wildman–Crippen LogP) is 2.84. The Kier molecular flexibility index (Phi) is 3.34. The van der Waals surface area contributed by atoms with E-state index in [1.807, 2.05) is 11.3 Å². The van der Waals surface area contributed by atoms with E-state index in [1.54, 1.807) is 0 Å². The van der Waals surface area contributed by atoms with E-state index >= 15 is 0 Å². The van der Waals surface area contributed by atoms with E-state index < -0.39 is 0 Å². The number of hydrogen-bond acceptors (Lipinski definition) is 3. The average Bonchev–Trinajstić information content (AvgIpc) is 2.91. The van der Waals surface area contributed by atoms with Gasteiger partial charge in [-0.15, -0.1) is 11.3 Å². The zero-order valence-electron chi connectivity index (χ0n) is 9.29. The third-order valence-electron chi connectivity index (χ3n) is 3.77. The van der Waals surface area contributed by atoms with Gasteiger partial charge in [0.05, 0.1) is 3.79 Å². The lowest BCUT2D eigenvalue weighted by Crippen LogP contribution is -2.38. The zero-order valence-corrected chi connectivity index (χ0v) is 11.7. The number of rotatable bonds is 3. The van der Waals surface area contributed by atoms with Crippen LogP contribution in [-0.4, -0.2) is 30.1 Å². The molecular formula is C12H17BrN2S. The van der Waals surface area contributed by atoms with Crippen molar-refractivity contribution in [2.75, 3.05) is 13.1 Å². The van der Waals surface area contributed by atoms with Gasteiger partial charge < -0.3 is 5.32 Å². The number of hydrogen-bond donors (Lipinski definition) is 1. The normalized spacial score (nSPS) is 29.8. The molecule has 1 aromatic heterocycles. The van der Waals surface area contributed by atoms with Crippen molar-refractivity contribution in [2.45, 2.75) is 37.9 Å². The molecule has 3 heterocycles. The lowest BCUT2D eigenvalue weighted by atomic mass is 10.1. The molecule has 0 radical (unpaired) electrons. The summed E-state index contributed by atoms with van der Waals surface area (Å²) in [6.45, 7) is 3.66. The minimum absolute atomic E-state index is 0.725. The number of nitrogens with zero attached hydrogens (tertiary/aromatic N) is 1. The number of thiophene rings is 1. The summed E-state index contributed by atoms with van der Waals surface area (Å²) >= 11 is 5.35. The Morgan fingerprint density at radius 1 is 1.38 bits per heavy atom. The van der Waals surface area contributed by atoms with Crippen LogP contribution in [0.3, 0.4) is 0 Å². The molecule has 0 saturated carbocycles. The average molecular weight is 301 g/mol. The largest absolute Gasteiger partial charge is 0.307 e. The first-order valence-electron chi connectivity index (χ1n) is 6.04. The van der Waals surface area contributed by atoms with Gasteiger partial charge in [0.2, 0.25) is 0 Å². The van der Waals surface area contributed by atoms with Crippen LogP contribution in [0.1, 0.15) is 24.1 Å². The van der Waals surface area contributed by atoms with Crippen molar-refractivity contribution in [1.29, 1.82) is 0 Å². The van der Waals surface area contributed by atoms with Crippen LogP contribution in [0, 0.1) is 0 Å². The third kappa shape index (κ3) is 2.21. The molecule has 1 N–H and O–H groups in total. The van der Waals surface area contributed by atoms with Crippen molar-refractivity contribution in [3.63, 3.8) is 0 Å². The number of nitrogens with one attached hydrogen (secondary N) is 1. The van der Waals surface area contributed by atoms with Gasteiger partial charge in [-0.2, -0.15) is 0 Å². The fourth-order valence-corrected chi connectivity index (χ4v) is 4.43. The minimum atomic E-state index is 0.725. The highest BCUT2D eigenvalue weighted by molar-refractivity contribution is 9.11. The second kappa shape index (κ2) is 4.77. The van der Waals surface area contributed by atoms with Crippen LogP contribution in [0.25, 0.3) is 0 Å². The highest BCUT2D eigenvalue weighted by Crippen LogP contribution is 2.28. The predicted molar refractivity (Wildman–Crippen MR) is 71.9 cm³/mol. The maximum Gasteiger partial charge on any atom is 0.0701 e. The molecule has 88 valence electrons. The van der Waals surface area contributed by atoms with Gasteiger partial charge in [0.25, 0.3) is 0 Å². The molecule has 2 unspecified atom stereocenters. The van der Waals surface area contributed by atoms with E-state index in [1.165, 1.54) is 41.0 Å². The van der Waals surface area contributed by atoms with Gasteiger partial charge >= 0.3 is 0 Å². The molecule has 2 aliphatic rings. The van der Waals surface area contributed by atoms with Gasteiger partial charge in [-0.1, -0.05) is 0 Å². The van der Waals surface area contributed by atoms with Crippen molar-refractivity contribution >= 4 is 27.3 Å². The summed E-state index contributed by atoms with van der Waals surface area (Å²) in [4.78, 5) is 4.09. The Hall–Kier alpha value is 0.1000. The second-order valence-electron chi connectivity index (χ2n) is 4.73. The molecule has 3 rings (SSSR count). The molecule has 1 aromatic rings. The highest BCUT2D eigenvalue weighted by Gasteiger charge is 2.36. The van der Waals surface area contributed by atoms with Crippen LogP contribution in [0.2, 0.25) is 0 Å². The molecule has 0 spiro atoms. The molecule has 0 aliphatic carbocycles. The molecule has 2 aliphatic heterocycles. The van der Waals surface area contributed by atoms with Crippen molar-refractivity contribution in [1.82, 2.24) is 10.2 Å². The quantitative estimate of drug-likeness (QED) is 0.923. The fourth-order valence-electron chi connectivity index (χ4n) is 3.00. The summed E-state index contributed by atoms with van der Waals surface area (Å²) in [6, 6.07) is 5.90. The van der Waals surface area contributed by atoms with E-state index in [4.69, 9.17) is 0 Å². The molecule has 2 saturated heterocycles. The Morgan fingerprint density at radius 3 is 3.12 bits per heavy atom. The lowest BCUT2D eigenvalue weighted by molar-refractivity contribution is 0.299.